The van der Waals surface area contributed by atoms with Gasteiger partial charge in [-0.2, -0.15) is 5.26 Å². The standard InChI is InChI=1S/C11H7ClN4/c12-10-9(6-13)11(15-7-14-10)16-8-4-2-1-3-5-8/h1-5,7H,(H,14,15,16). The average molecular weight is 231 g/mol. The number of nitrogens with zero attached hydrogens (tertiary/aromatic N) is 3. The van der Waals surface area contributed by atoms with Crippen LogP contribution in [-0.2, 0) is 0 Å². The number of rotatable bonds is 2. The zero-order chi connectivity index (χ0) is 11.4. The summed E-state index contributed by atoms with van der Waals surface area (Å²) in [6.07, 6.45) is 1.31. The Bertz CT molecular complexity index is 533. The first-order valence-corrected chi connectivity index (χ1v) is 4.91. The summed E-state index contributed by atoms with van der Waals surface area (Å²) >= 11 is 5.78. The maximum absolute atomic E-state index is 8.92. The minimum absolute atomic E-state index is 0.149. The fourth-order valence-corrected chi connectivity index (χ4v) is 1.39. The van der Waals surface area contributed by atoms with Crippen molar-refractivity contribution in [3.8, 4) is 6.07 Å². The zero-order valence-electron chi connectivity index (χ0n) is 8.18. The molecule has 1 aromatic carbocycles. The quantitative estimate of drug-likeness (QED) is 0.806. The van der Waals surface area contributed by atoms with Gasteiger partial charge >= 0.3 is 0 Å². The minimum Gasteiger partial charge on any atom is -0.339 e. The van der Waals surface area contributed by atoms with Crippen LogP contribution in [0.2, 0.25) is 5.15 Å². The summed E-state index contributed by atoms with van der Waals surface area (Å²) < 4.78 is 0. The lowest BCUT2D eigenvalue weighted by atomic mass is 10.3. The molecule has 0 atom stereocenters. The predicted octanol–water partition coefficient (Wildman–Crippen LogP) is 2.75. The van der Waals surface area contributed by atoms with Gasteiger partial charge in [0.05, 0.1) is 0 Å². The van der Waals surface area contributed by atoms with E-state index < -0.39 is 0 Å². The summed E-state index contributed by atoms with van der Waals surface area (Å²) in [5.41, 5.74) is 1.08. The highest BCUT2D eigenvalue weighted by molar-refractivity contribution is 6.30. The summed E-state index contributed by atoms with van der Waals surface area (Å²) in [7, 11) is 0. The van der Waals surface area contributed by atoms with E-state index >= 15 is 0 Å². The summed E-state index contributed by atoms with van der Waals surface area (Å²) in [5.74, 6) is 0.411. The molecule has 0 unspecified atom stereocenters. The number of benzene rings is 1. The monoisotopic (exact) mass is 230 g/mol. The van der Waals surface area contributed by atoms with Crippen LogP contribution in [0.25, 0.3) is 0 Å². The van der Waals surface area contributed by atoms with Crippen LogP contribution in [0.4, 0.5) is 11.5 Å². The van der Waals surface area contributed by atoms with Gasteiger partial charge in [0.15, 0.2) is 11.0 Å². The van der Waals surface area contributed by atoms with Crippen LogP contribution >= 0.6 is 11.6 Å². The predicted molar refractivity (Wildman–Crippen MR) is 61.5 cm³/mol. The number of para-hydroxylation sites is 1. The van der Waals surface area contributed by atoms with Crippen LogP contribution in [0.1, 0.15) is 5.56 Å². The summed E-state index contributed by atoms with van der Waals surface area (Å²) in [6.45, 7) is 0. The van der Waals surface area contributed by atoms with E-state index in [1.165, 1.54) is 6.33 Å². The van der Waals surface area contributed by atoms with Crippen LogP contribution in [-0.4, -0.2) is 9.97 Å². The van der Waals surface area contributed by atoms with E-state index in [0.717, 1.165) is 5.69 Å². The highest BCUT2D eigenvalue weighted by Gasteiger charge is 2.08. The smallest absolute Gasteiger partial charge is 0.153 e. The average Bonchev–Trinajstić information content (AvgIpc) is 2.31. The molecule has 2 rings (SSSR count). The molecule has 2 aromatic rings. The second-order valence-electron chi connectivity index (χ2n) is 2.99. The molecular weight excluding hydrogens is 224 g/mol. The fourth-order valence-electron chi connectivity index (χ4n) is 1.22. The molecule has 1 aromatic heterocycles. The summed E-state index contributed by atoms with van der Waals surface area (Å²) in [4.78, 5) is 7.72. The largest absolute Gasteiger partial charge is 0.339 e. The van der Waals surface area contributed by atoms with Gasteiger partial charge in [0.2, 0.25) is 0 Å². The third kappa shape index (κ3) is 2.10. The molecule has 0 saturated carbocycles. The molecule has 1 N–H and O–H groups in total. The highest BCUT2D eigenvalue weighted by Crippen LogP contribution is 2.21. The Morgan fingerprint density at radius 1 is 1.19 bits per heavy atom. The lowest BCUT2D eigenvalue weighted by molar-refractivity contribution is 1.15. The van der Waals surface area contributed by atoms with E-state index in [4.69, 9.17) is 16.9 Å². The molecule has 0 bridgehead atoms. The van der Waals surface area contributed by atoms with E-state index in [0.29, 0.717) is 5.82 Å². The lowest BCUT2D eigenvalue weighted by Crippen LogP contribution is -1.98. The van der Waals surface area contributed by atoms with E-state index in [-0.39, 0.29) is 10.7 Å². The van der Waals surface area contributed by atoms with Crippen LogP contribution in [0.5, 0.6) is 0 Å². The van der Waals surface area contributed by atoms with Crippen molar-refractivity contribution in [3.63, 3.8) is 0 Å². The Balaban J connectivity index is 2.36. The Labute approximate surface area is 97.5 Å². The van der Waals surface area contributed by atoms with E-state index in [2.05, 4.69) is 15.3 Å². The number of anilines is 2. The molecule has 16 heavy (non-hydrogen) atoms. The van der Waals surface area contributed by atoms with E-state index in [1.54, 1.807) is 0 Å². The Morgan fingerprint density at radius 2 is 1.94 bits per heavy atom. The van der Waals surface area contributed by atoms with Crippen molar-refractivity contribution < 1.29 is 0 Å². The van der Waals surface area contributed by atoms with E-state index in [1.807, 2.05) is 36.4 Å². The first-order chi connectivity index (χ1) is 7.81. The van der Waals surface area contributed by atoms with Crippen molar-refractivity contribution >= 4 is 23.1 Å². The van der Waals surface area contributed by atoms with Crippen molar-refractivity contribution in [1.29, 1.82) is 5.26 Å². The van der Waals surface area contributed by atoms with E-state index in [9.17, 15) is 0 Å². The molecule has 0 aliphatic heterocycles. The number of nitriles is 1. The first kappa shape index (κ1) is 10.4. The Kier molecular flexibility index (Phi) is 2.99. The van der Waals surface area contributed by atoms with Crippen molar-refractivity contribution in [2.24, 2.45) is 0 Å². The Hall–Kier alpha value is -2.12. The van der Waals surface area contributed by atoms with Crippen molar-refractivity contribution in [3.05, 3.63) is 47.4 Å². The molecule has 0 saturated heterocycles. The van der Waals surface area contributed by atoms with Crippen molar-refractivity contribution in [1.82, 2.24) is 9.97 Å². The molecule has 5 heteroatoms. The molecule has 0 fully saturated rings. The van der Waals surface area contributed by atoms with Gasteiger partial charge in [-0.25, -0.2) is 9.97 Å². The third-order valence-electron chi connectivity index (χ3n) is 1.95. The maximum Gasteiger partial charge on any atom is 0.153 e. The first-order valence-electron chi connectivity index (χ1n) is 4.54. The fraction of sp³-hybridized carbons (Fsp3) is 0. The maximum atomic E-state index is 8.92. The summed E-state index contributed by atoms with van der Waals surface area (Å²) in [5, 5.41) is 12.1. The molecule has 0 aliphatic rings. The van der Waals surface area contributed by atoms with Gasteiger partial charge in [-0.1, -0.05) is 29.8 Å². The Morgan fingerprint density at radius 3 is 2.62 bits per heavy atom. The highest BCUT2D eigenvalue weighted by atomic mass is 35.5. The number of aromatic nitrogens is 2. The lowest BCUT2D eigenvalue weighted by Gasteiger charge is -2.06. The number of halogens is 1. The van der Waals surface area contributed by atoms with Crippen LogP contribution in [0.15, 0.2) is 36.7 Å². The number of hydrogen-bond donors (Lipinski definition) is 1. The molecule has 0 spiro atoms. The molecule has 78 valence electrons. The SMILES string of the molecule is N#Cc1c(Cl)ncnc1Nc1ccccc1. The molecular formula is C11H7ClN4. The normalized spacial score (nSPS) is 9.50. The molecule has 0 radical (unpaired) electrons. The van der Waals surface area contributed by atoms with Gasteiger partial charge in [0.1, 0.15) is 18.0 Å². The van der Waals surface area contributed by atoms with Gasteiger partial charge < -0.3 is 5.32 Å². The van der Waals surface area contributed by atoms with Gasteiger partial charge in [0.25, 0.3) is 0 Å². The van der Waals surface area contributed by atoms with Gasteiger partial charge in [-0.15, -0.1) is 0 Å². The van der Waals surface area contributed by atoms with Crippen molar-refractivity contribution in [2.45, 2.75) is 0 Å². The van der Waals surface area contributed by atoms with Crippen molar-refractivity contribution in [2.75, 3.05) is 5.32 Å². The molecule has 0 amide bonds. The zero-order valence-corrected chi connectivity index (χ0v) is 8.94. The van der Waals surface area contributed by atoms with Crippen LogP contribution < -0.4 is 5.32 Å². The number of hydrogen-bond acceptors (Lipinski definition) is 4. The topological polar surface area (TPSA) is 61.6 Å². The van der Waals surface area contributed by atoms with Gasteiger partial charge in [-0.05, 0) is 12.1 Å². The molecule has 1 heterocycles. The molecule has 0 aliphatic carbocycles. The van der Waals surface area contributed by atoms with Crippen LogP contribution in [0, 0.1) is 11.3 Å². The third-order valence-corrected chi connectivity index (χ3v) is 2.24. The summed E-state index contributed by atoms with van der Waals surface area (Å²) in [6, 6.07) is 11.4. The minimum atomic E-state index is 0.149. The number of nitrogens with one attached hydrogen (secondary N) is 1. The van der Waals surface area contributed by atoms with Gasteiger partial charge in [0, 0.05) is 5.69 Å². The van der Waals surface area contributed by atoms with Crippen LogP contribution in [0.3, 0.4) is 0 Å². The van der Waals surface area contributed by atoms with Gasteiger partial charge in [-0.3, -0.25) is 0 Å². The second-order valence-corrected chi connectivity index (χ2v) is 3.35. The second kappa shape index (κ2) is 4.60. The molecule has 4 nitrogen and oxygen atoms in total.